The first-order valence-corrected chi connectivity index (χ1v) is 5.25. The van der Waals surface area contributed by atoms with Gasteiger partial charge in [-0.25, -0.2) is 4.39 Å². The molecule has 1 aliphatic rings. The molecule has 0 bridgehead atoms. The van der Waals surface area contributed by atoms with Crippen LogP contribution >= 0.6 is 0 Å². The second kappa shape index (κ2) is 3.91. The molecule has 1 fully saturated rings. The van der Waals surface area contributed by atoms with E-state index in [-0.39, 0.29) is 5.82 Å². The molecule has 1 aliphatic heterocycles. The van der Waals surface area contributed by atoms with Gasteiger partial charge in [-0.3, -0.25) is 0 Å². The van der Waals surface area contributed by atoms with Crippen LogP contribution in [0.2, 0.25) is 0 Å². The highest BCUT2D eigenvalue weighted by atomic mass is 19.1. The van der Waals surface area contributed by atoms with Gasteiger partial charge in [0, 0.05) is 6.61 Å². The first-order valence-electron chi connectivity index (χ1n) is 5.25. The summed E-state index contributed by atoms with van der Waals surface area (Å²) >= 11 is 0. The molecule has 2 rings (SSSR count). The van der Waals surface area contributed by atoms with Crippen LogP contribution in [0.15, 0.2) is 18.2 Å². The van der Waals surface area contributed by atoms with Crippen molar-refractivity contribution in [3.63, 3.8) is 0 Å². The summed E-state index contributed by atoms with van der Waals surface area (Å²) in [6, 6.07) is 4.77. The van der Waals surface area contributed by atoms with E-state index in [1.165, 1.54) is 12.1 Å². The van der Waals surface area contributed by atoms with Gasteiger partial charge in [-0.1, -0.05) is 6.07 Å². The summed E-state index contributed by atoms with van der Waals surface area (Å²) < 4.78 is 18.6. The van der Waals surface area contributed by atoms with Gasteiger partial charge in [-0.05, 0) is 43.0 Å². The van der Waals surface area contributed by atoms with E-state index in [0.29, 0.717) is 6.61 Å². The van der Waals surface area contributed by atoms with Gasteiger partial charge in [0.15, 0.2) is 0 Å². The molecular weight excluding hydrogens is 193 g/mol. The Kier molecular flexibility index (Phi) is 2.76. The third kappa shape index (κ3) is 2.03. The first kappa shape index (κ1) is 10.6. The third-order valence-electron chi connectivity index (χ3n) is 3.01. The fourth-order valence-corrected chi connectivity index (χ4v) is 2.16. The lowest BCUT2D eigenvalue weighted by atomic mass is 9.83. The molecule has 1 aromatic rings. The Bertz CT molecular complexity index is 359. The fraction of sp³-hybridized carbons (Fsp3) is 0.500. The monoisotopic (exact) mass is 209 g/mol. The van der Waals surface area contributed by atoms with E-state index >= 15 is 0 Å². The highest BCUT2D eigenvalue weighted by molar-refractivity contribution is 5.33. The molecule has 0 aromatic heterocycles. The Morgan fingerprint density at radius 2 is 2.27 bits per heavy atom. The lowest BCUT2D eigenvalue weighted by molar-refractivity contribution is 0.0363. The summed E-state index contributed by atoms with van der Waals surface area (Å²) in [5, 5.41) is 0. The molecule has 1 heterocycles. The predicted molar refractivity (Wildman–Crippen MR) is 57.1 cm³/mol. The Morgan fingerprint density at radius 1 is 1.47 bits per heavy atom. The third-order valence-corrected chi connectivity index (χ3v) is 3.01. The smallest absolute Gasteiger partial charge is 0.123 e. The van der Waals surface area contributed by atoms with Crippen LogP contribution in [0.3, 0.4) is 0 Å². The second-order valence-electron chi connectivity index (χ2n) is 4.27. The lowest BCUT2D eigenvalue weighted by Gasteiger charge is -2.34. The van der Waals surface area contributed by atoms with E-state index < -0.39 is 5.54 Å². The molecular formula is C12H16FNO. The topological polar surface area (TPSA) is 35.2 Å². The number of halogens is 1. The molecule has 1 saturated heterocycles. The van der Waals surface area contributed by atoms with Crippen molar-refractivity contribution < 1.29 is 9.13 Å². The molecule has 2 nitrogen and oxygen atoms in total. The van der Waals surface area contributed by atoms with E-state index in [0.717, 1.165) is 30.6 Å². The SMILES string of the molecule is Cc1ccc(F)cc1C1(N)CCCOC1. The maximum atomic E-state index is 13.2. The van der Waals surface area contributed by atoms with Crippen molar-refractivity contribution in [2.45, 2.75) is 25.3 Å². The molecule has 0 radical (unpaired) electrons. The highest BCUT2D eigenvalue weighted by Gasteiger charge is 2.31. The van der Waals surface area contributed by atoms with E-state index in [9.17, 15) is 4.39 Å². The zero-order chi connectivity index (χ0) is 10.9. The Labute approximate surface area is 89.2 Å². The van der Waals surface area contributed by atoms with Gasteiger partial charge in [0.05, 0.1) is 12.1 Å². The van der Waals surface area contributed by atoms with Gasteiger partial charge in [-0.15, -0.1) is 0 Å². The standard InChI is InChI=1S/C12H16FNO/c1-9-3-4-10(13)7-11(9)12(14)5-2-6-15-8-12/h3-4,7H,2,5-6,8,14H2,1H3. The van der Waals surface area contributed by atoms with Crippen molar-refractivity contribution in [2.24, 2.45) is 5.73 Å². The molecule has 1 aromatic carbocycles. The van der Waals surface area contributed by atoms with Gasteiger partial charge in [0.2, 0.25) is 0 Å². The van der Waals surface area contributed by atoms with Crippen LogP contribution in [0.5, 0.6) is 0 Å². The van der Waals surface area contributed by atoms with Crippen molar-refractivity contribution >= 4 is 0 Å². The van der Waals surface area contributed by atoms with Crippen LogP contribution in [0.1, 0.15) is 24.0 Å². The van der Waals surface area contributed by atoms with Crippen molar-refractivity contribution in [1.82, 2.24) is 0 Å². The second-order valence-corrected chi connectivity index (χ2v) is 4.27. The van der Waals surface area contributed by atoms with Crippen LogP contribution < -0.4 is 5.73 Å². The quantitative estimate of drug-likeness (QED) is 0.768. The van der Waals surface area contributed by atoms with Gasteiger partial charge in [0.25, 0.3) is 0 Å². The zero-order valence-electron chi connectivity index (χ0n) is 8.92. The Balaban J connectivity index is 2.38. The Hall–Kier alpha value is -0.930. The molecule has 0 amide bonds. The molecule has 82 valence electrons. The van der Waals surface area contributed by atoms with E-state index in [1.807, 2.05) is 6.92 Å². The summed E-state index contributed by atoms with van der Waals surface area (Å²) in [6.07, 6.45) is 1.80. The minimum atomic E-state index is -0.509. The summed E-state index contributed by atoms with van der Waals surface area (Å²) in [5.74, 6) is -0.231. The normalized spacial score (nSPS) is 26.6. The predicted octanol–water partition coefficient (Wildman–Crippen LogP) is 2.10. The number of hydrogen-bond donors (Lipinski definition) is 1. The molecule has 0 aliphatic carbocycles. The maximum Gasteiger partial charge on any atom is 0.123 e. The minimum Gasteiger partial charge on any atom is -0.379 e. The lowest BCUT2D eigenvalue weighted by Crippen LogP contribution is -2.45. The van der Waals surface area contributed by atoms with Crippen LogP contribution in [0.4, 0.5) is 4.39 Å². The number of rotatable bonds is 1. The summed E-state index contributed by atoms with van der Waals surface area (Å²) in [4.78, 5) is 0. The van der Waals surface area contributed by atoms with Crippen molar-refractivity contribution in [2.75, 3.05) is 13.2 Å². The zero-order valence-corrected chi connectivity index (χ0v) is 8.92. The summed E-state index contributed by atoms with van der Waals surface area (Å²) in [6.45, 7) is 3.20. The fourth-order valence-electron chi connectivity index (χ4n) is 2.16. The average molecular weight is 209 g/mol. The van der Waals surface area contributed by atoms with Gasteiger partial charge >= 0.3 is 0 Å². The summed E-state index contributed by atoms with van der Waals surface area (Å²) in [5.41, 5.74) is 7.66. The van der Waals surface area contributed by atoms with Crippen LogP contribution in [0.25, 0.3) is 0 Å². The van der Waals surface area contributed by atoms with E-state index in [1.54, 1.807) is 6.07 Å². The average Bonchev–Trinajstić information content (AvgIpc) is 2.23. The molecule has 15 heavy (non-hydrogen) atoms. The van der Waals surface area contributed by atoms with Crippen LogP contribution in [-0.2, 0) is 10.3 Å². The Morgan fingerprint density at radius 3 is 2.93 bits per heavy atom. The van der Waals surface area contributed by atoms with Crippen molar-refractivity contribution in [1.29, 1.82) is 0 Å². The molecule has 1 unspecified atom stereocenters. The minimum absolute atomic E-state index is 0.231. The molecule has 0 saturated carbocycles. The number of aryl methyl sites for hydroxylation is 1. The largest absolute Gasteiger partial charge is 0.379 e. The molecule has 3 heteroatoms. The van der Waals surface area contributed by atoms with Crippen LogP contribution in [0, 0.1) is 12.7 Å². The van der Waals surface area contributed by atoms with Crippen molar-refractivity contribution in [3.8, 4) is 0 Å². The van der Waals surface area contributed by atoms with E-state index in [4.69, 9.17) is 10.5 Å². The molecule has 2 N–H and O–H groups in total. The number of ether oxygens (including phenoxy) is 1. The maximum absolute atomic E-state index is 13.2. The summed E-state index contributed by atoms with van der Waals surface area (Å²) in [7, 11) is 0. The van der Waals surface area contributed by atoms with Gasteiger partial charge in [0.1, 0.15) is 5.82 Å². The number of benzene rings is 1. The number of hydrogen-bond acceptors (Lipinski definition) is 2. The van der Waals surface area contributed by atoms with Crippen molar-refractivity contribution in [3.05, 3.63) is 35.1 Å². The molecule has 0 spiro atoms. The van der Waals surface area contributed by atoms with E-state index in [2.05, 4.69) is 0 Å². The first-order chi connectivity index (χ1) is 7.12. The molecule has 1 atom stereocenters. The van der Waals surface area contributed by atoms with Crippen LogP contribution in [-0.4, -0.2) is 13.2 Å². The van der Waals surface area contributed by atoms with Gasteiger partial charge in [-0.2, -0.15) is 0 Å². The number of nitrogens with two attached hydrogens (primary N) is 1. The van der Waals surface area contributed by atoms with Gasteiger partial charge < -0.3 is 10.5 Å². The highest BCUT2D eigenvalue weighted by Crippen LogP contribution is 2.30.